The summed E-state index contributed by atoms with van der Waals surface area (Å²) in [5, 5.41) is 1.01. The predicted molar refractivity (Wildman–Crippen MR) is 158 cm³/mol. The van der Waals surface area contributed by atoms with Crippen LogP contribution in [0, 0.1) is 19.3 Å². The van der Waals surface area contributed by atoms with Crippen molar-refractivity contribution in [3.8, 4) is 18.1 Å². The van der Waals surface area contributed by atoms with E-state index < -0.39 is 12.0 Å². The van der Waals surface area contributed by atoms with Crippen LogP contribution < -0.4 is 19.6 Å². The Morgan fingerprint density at radius 3 is 2.62 bits per heavy atom. The molecule has 0 radical (unpaired) electrons. The third kappa shape index (κ3) is 4.67. The molecule has 0 saturated carbocycles. The largest absolute Gasteiger partial charge is 0.491 e. The fraction of sp³-hybridized carbons (Fsp3) is 0.281. The molecular weight excluding hydrogens is 522 g/mol. The highest BCUT2D eigenvalue weighted by Gasteiger charge is 2.35. The van der Waals surface area contributed by atoms with Crippen LogP contribution in [0.4, 0.5) is 0 Å². The molecule has 2 aromatic heterocycles. The summed E-state index contributed by atoms with van der Waals surface area (Å²) < 4.78 is 15.7. The topological polar surface area (TPSA) is 74.8 Å². The van der Waals surface area contributed by atoms with Crippen molar-refractivity contribution in [3.63, 3.8) is 0 Å². The Bertz CT molecular complexity index is 1880. The van der Waals surface area contributed by atoms with Crippen LogP contribution in [0.15, 0.2) is 69.6 Å². The summed E-state index contributed by atoms with van der Waals surface area (Å²) in [7, 11) is 0. The molecule has 0 bridgehead atoms. The first-order valence-electron chi connectivity index (χ1n) is 13.2. The quantitative estimate of drug-likeness (QED) is 0.250. The number of para-hydroxylation sites is 2. The van der Waals surface area contributed by atoms with Gasteiger partial charge in [0, 0.05) is 27.7 Å². The monoisotopic (exact) mass is 553 g/mol. The number of allylic oxidation sites excluding steroid dienone is 1. The zero-order valence-electron chi connectivity index (χ0n) is 23.2. The van der Waals surface area contributed by atoms with Crippen molar-refractivity contribution in [2.45, 2.75) is 53.3 Å². The zero-order chi connectivity index (χ0) is 28.6. The molecule has 8 heteroatoms. The van der Waals surface area contributed by atoms with Crippen molar-refractivity contribution >= 4 is 34.3 Å². The molecular formula is C32H31N3O4S. The minimum atomic E-state index is -0.753. The van der Waals surface area contributed by atoms with Gasteiger partial charge < -0.3 is 14.0 Å². The van der Waals surface area contributed by atoms with Crippen molar-refractivity contribution in [3.05, 3.63) is 96.3 Å². The number of hydrogen-bond donors (Lipinski definition) is 0. The maximum absolute atomic E-state index is 14.2. The summed E-state index contributed by atoms with van der Waals surface area (Å²) in [4.78, 5) is 32.7. The summed E-state index contributed by atoms with van der Waals surface area (Å²) in [6.45, 7) is 10.1. The molecule has 0 saturated heterocycles. The molecule has 4 aromatic rings. The van der Waals surface area contributed by atoms with Gasteiger partial charge in [-0.2, -0.15) is 0 Å². The predicted octanol–water partition coefficient (Wildman–Crippen LogP) is 4.48. The van der Waals surface area contributed by atoms with Gasteiger partial charge in [-0.15, -0.1) is 6.42 Å². The number of nitrogens with zero attached hydrogens (tertiary/aromatic N) is 3. The Morgan fingerprint density at radius 1 is 1.18 bits per heavy atom. The Hall–Kier alpha value is -4.35. The molecule has 40 heavy (non-hydrogen) atoms. The molecule has 3 heterocycles. The molecule has 0 unspecified atom stereocenters. The van der Waals surface area contributed by atoms with Crippen molar-refractivity contribution in [2.24, 2.45) is 4.99 Å². The number of benzene rings is 2. The molecule has 0 aliphatic carbocycles. The van der Waals surface area contributed by atoms with E-state index in [9.17, 15) is 9.59 Å². The highest BCUT2D eigenvalue weighted by Crippen LogP contribution is 2.36. The number of terminal acetylenes is 1. The lowest BCUT2D eigenvalue weighted by Crippen LogP contribution is -2.40. The van der Waals surface area contributed by atoms with Crippen LogP contribution in [0.1, 0.15) is 50.6 Å². The van der Waals surface area contributed by atoms with E-state index in [0.29, 0.717) is 38.5 Å². The first-order chi connectivity index (χ1) is 19.3. The van der Waals surface area contributed by atoms with E-state index in [1.165, 1.54) is 11.3 Å². The highest BCUT2D eigenvalue weighted by atomic mass is 32.1. The second-order valence-corrected chi connectivity index (χ2v) is 10.8. The van der Waals surface area contributed by atoms with Crippen LogP contribution in [0.2, 0.25) is 0 Å². The maximum Gasteiger partial charge on any atom is 0.338 e. The van der Waals surface area contributed by atoms with E-state index in [-0.39, 0.29) is 18.3 Å². The van der Waals surface area contributed by atoms with Crippen molar-refractivity contribution in [2.75, 3.05) is 6.61 Å². The molecule has 0 spiro atoms. The minimum Gasteiger partial charge on any atom is -0.491 e. The minimum absolute atomic E-state index is 0.101. The number of fused-ring (bicyclic) bond motifs is 2. The standard InChI is InChI=1S/C32H31N3O4S/c1-7-17-34-21(6)24(22-13-9-11-15-25(22)34)18-27-30(36)35-29(23-14-10-12-16-26(23)39-19(3)4)28(31(37)38-8-2)20(5)33-32(35)40-27/h1,9-16,18-19,29H,8,17H2,2-6H3/b27-18-/t29-/m1/s1. The lowest BCUT2D eigenvalue weighted by Gasteiger charge is -2.26. The average Bonchev–Trinajstić information content (AvgIpc) is 3.37. The number of carbonyl (C=O) groups excluding carboxylic acids is 1. The Balaban J connectivity index is 1.79. The Kier molecular flexibility index (Phi) is 7.51. The average molecular weight is 554 g/mol. The van der Waals surface area contributed by atoms with Gasteiger partial charge in [-0.3, -0.25) is 9.36 Å². The van der Waals surface area contributed by atoms with E-state index in [0.717, 1.165) is 22.2 Å². The van der Waals surface area contributed by atoms with Gasteiger partial charge in [0.05, 0.1) is 35.1 Å². The molecule has 7 nitrogen and oxygen atoms in total. The number of carbonyl (C=O) groups is 1. The van der Waals surface area contributed by atoms with Gasteiger partial charge in [0.15, 0.2) is 4.80 Å². The number of ether oxygens (including phenoxy) is 2. The first-order valence-corrected chi connectivity index (χ1v) is 14.0. The summed E-state index contributed by atoms with van der Waals surface area (Å²) in [6, 6.07) is 14.7. The Morgan fingerprint density at radius 2 is 1.90 bits per heavy atom. The summed E-state index contributed by atoms with van der Waals surface area (Å²) in [6.07, 6.45) is 7.47. The number of rotatable bonds is 7. The normalized spacial score (nSPS) is 15.2. The summed E-state index contributed by atoms with van der Waals surface area (Å²) >= 11 is 1.30. The maximum atomic E-state index is 14.2. The molecule has 1 aliphatic rings. The van der Waals surface area contributed by atoms with Crippen LogP contribution >= 0.6 is 11.3 Å². The molecule has 1 atom stereocenters. The van der Waals surface area contributed by atoms with E-state index in [2.05, 4.69) is 10.5 Å². The molecule has 1 aliphatic heterocycles. The van der Waals surface area contributed by atoms with Crippen LogP contribution in [0.5, 0.6) is 5.75 Å². The van der Waals surface area contributed by atoms with E-state index in [4.69, 9.17) is 20.9 Å². The van der Waals surface area contributed by atoms with E-state index in [1.807, 2.05) is 75.4 Å². The van der Waals surface area contributed by atoms with Gasteiger partial charge in [-0.1, -0.05) is 53.7 Å². The van der Waals surface area contributed by atoms with Crippen molar-refractivity contribution < 1.29 is 14.3 Å². The van der Waals surface area contributed by atoms with Gasteiger partial charge >= 0.3 is 5.97 Å². The molecule has 0 N–H and O–H groups in total. The van der Waals surface area contributed by atoms with Gasteiger partial charge in [0.1, 0.15) is 11.8 Å². The number of hydrogen-bond acceptors (Lipinski definition) is 6. The third-order valence-corrected chi connectivity index (χ3v) is 7.88. The SMILES string of the molecule is C#CCn1c(C)c(/C=c2\sc3n(c2=O)[C@H](c2ccccc2OC(C)C)C(C(=O)OCC)=C(C)N=3)c2ccccc21. The molecule has 5 rings (SSSR count). The number of aromatic nitrogens is 2. The number of esters is 1. The van der Waals surface area contributed by atoms with Gasteiger partial charge in [0.2, 0.25) is 0 Å². The van der Waals surface area contributed by atoms with Gasteiger partial charge in [-0.25, -0.2) is 9.79 Å². The fourth-order valence-electron chi connectivity index (χ4n) is 5.22. The van der Waals surface area contributed by atoms with Crippen LogP contribution in [0.3, 0.4) is 0 Å². The second kappa shape index (κ2) is 11.0. The van der Waals surface area contributed by atoms with Crippen LogP contribution in [0.25, 0.3) is 17.0 Å². The lowest BCUT2D eigenvalue weighted by molar-refractivity contribution is -0.139. The van der Waals surface area contributed by atoms with Gasteiger partial charge in [0.25, 0.3) is 5.56 Å². The zero-order valence-corrected chi connectivity index (χ0v) is 24.0. The van der Waals surface area contributed by atoms with Crippen molar-refractivity contribution in [1.82, 2.24) is 9.13 Å². The third-order valence-electron chi connectivity index (χ3n) is 6.90. The van der Waals surface area contributed by atoms with E-state index >= 15 is 0 Å². The summed E-state index contributed by atoms with van der Waals surface area (Å²) in [5.74, 6) is 2.82. The van der Waals surface area contributed by atoms with Crippen molar-refractivity contribution in [1.29, 1.82) is 0 Å². The highest BCUT2D eigenvalue weighted by molar-refractivity contribution is 7.07. The first kappa shape index (κ1) is 27.2. The van der Waals surface area contributed by atoms with Crippen LogP contribution in [-0.4, -0.2) is 27.8 Å². The molecule has 0 amide bonds. The second-order valence-electron chi connectivity index (χ2n) is 9.81. The lowest BCUT2D eigenvalue weighted by atomic mass is 9.95. The van der Waals surface area contributed by atoms with Gasteiger partial charge in [-0.05, 0) is 52.8 Å². The summed E-state index contributed by atoms with van der Waals surface area (Å²) in [5.41, 5.74) is 4.20. The smallest absolute Gasteiger partial charge is 0.338 e. The van der Waals surface area contributed by atoms with E-state index in [1.54, 1.807) is 18.4 Å². The van der Waals surface area contributed by atoms with Crippen LogP contribution in [-0.2, 0) is 16.1 Å². The molecule has 204 valence electrons. The molecule has 0 fully saturated rings. The molecule has 2 aromatic carbocycles. The fourth-order valence-corrected chi connectivity index (χ4v) is 6.25. The number of thiazole rings is 1. The Labute approximate surface area is 236 Å².